The molecule has 10 heteroatoms. The molecule has 0 atom stereocenters. The van der Waals surface area contributed by atoms with E-state index in [1.54, 1.807) is 30.3 Å². The summed E-state index contributed by atoms with van der Waals surface area (Å²) in [7, 11) is -3.82. The van der Waals surface area contributed by atoms with Crippen LogP contribution >= 0.6 is 0 Å². The van der Waals surface area contributed by atoms with E-state index in [1.807, 2.05) is 6.92 Å². The first kappa shape index (κ1) is 18.8. The summed E-state index contributed by atoms with van der Waals surface area (Å²) in [6, 6.07) is 11.6. The average Bonchev–Trinajstić information content (AvgIpc) is 3.17. The van der Waals surface area contributed by atoms with Gasteiger partial charge in [-0.15, -0.1) is 0 Å². The number of sulfonamides is 1. The monoisotopic (exact) mass is 411 g/mol. The molecule has 0 fully saturated rings. The molecular formula is C19H17N5O4S. The lowest BCUT2D eigenvalue weighted by Crippen LogP contribution is -2.12. The van der Waals surface area contributed by atoms with Gasteiger partial charge in [-0.3, -0.25) is 4.79 Å². The number of fused-ring (bicyclic) bond motifs is 1. The first-order valence-corrected chi connectivity index (χ1v) is 10.3. The molecule has 0 aliphatic carbocycles. The number of primary sulfonamides is 1. The minimum atomic E-state index is -3.82. The van der Waals surface area contributed by atoms with Gasteiger partial charge in [-0.2, -0.15) is 0 Å². The van der Waals surface area contributed by atoms with E-state index in [2.05, 4.69) is 19.9 Å². The molecule has 2 heterocycles. The SMILES string of the molecule is CCOc1cc(-c2cccc(S(N)(=O)=O)c2)ccc1-c1nc2[nH]cnc2c(=O)[nH]1. The number of aromatic amines is 2. The number of rotatable bonds is 5. The molecule has 2 aromatic carbocycles. The minimum Gasteiger partial charge on any atom is -0.493 e. The Bertz CT molecular complexity index is 1370. The van der Waals surface area contributed by atoms with Gasteiger partial charge in [0.2, 0.25) is 10.0 Å². The highest BCUT2D eigenvalue weighted by molar-refractivity contribution is 7.89. The van der Waals surface area contributed by atoms with E-state index >= 15 is 0 Å². The molecule has 0 bridgehead atoms. The Labute approximate surface area is 165 Å². The van der Waals surface area contributed by atoms with Crippen LogP contribution in [0.5, 0.6) is 5.75 Å². The maximum atomic E-state index is 12.2. The molecule has 0 saturated carbocycles. The van der Waals surface area contributed by atoms with Crippen molar-refractivity contribution >= 4 is 21.2 Å². The van der Waals surface area contributed by atoms with Gasteiger partial charge < -0.3 is 14.7 Å². The molecule has 0 radical (unpaired) electrons. The lowest BCUT2D eigenvalue weighted by atomic mass is 10.0. The van der Waals surface area contributed by atoms with Crippen LogP contribution in [0, 0.1) is 0 Å². The lowest BCUT2D eigenvalue weighted by molar-refractivity contribution is 0.341. The van der Waals surface area contributed by atoms with Crippen molar-refractivity contribution in [2.24, 2.45) is 5.14 Å². The molecule has 0 spiro atoms. The van der Waals surface area contributed by atoms with Crippen LogP contribution in [0.1, 0.15) is 6.92 Å². The summed E-state index contributed by atoms with van der Waals surface area (Å²) in [6.07, 6.45) is 1.40. The highest BCUT2D eigenvalue weighted by Crippen LogP contribution is 2.33. The first-order valence-electron chi connectivity index (χ1n) is 8.70. The molecule has 9 nitrogen and oxygen atoms in total. The van der Waals surface area contributed by atoms with Crippen molar-refractivity contribution in [3.8, 4) is 28.3 Å². The summed E-state index contributed by atoms with van der Waals surface area (Å²) in [5.41, 5.74) is 2.21. The molecule has 0 saturated heterocycles. The Morgan fingerprint density at radius 2 is 1.93 bits per heavy atom. The molecule has 148 valence electrons. The van der Waals surface area contributed by atoms with Crippen molar-refractivity contribution in [2.45, 2.75) is 11.8 Å². The van der Waals surface area contributed by atoms with Gasteiger partial charge in [0, 0.05) is 0 Å². The number of hydrogen-bond acceptors (Lipinski definition) is 6. The van der Waals surface area contributed by atoms with Gasteiger partial charge in [0.05, 0.1) is 23.4 Å². The number of imidazole rings is 1. The van der Waals surface area contributed by atoms with Crippen LogP contribution in [-0.4, -0.2) is 35.0 Å². The highest BCUT2D eigenvalue weighted by atomic mass is 32.2. The number of aromatic nitrogens is 4. The predicted octanol–water partition coefficient (Wildman–Crippen LogP) is 2.03. The largest absolute Gasteiger partial charge is 0.493 e. The quantitative estimate of drug-likeness (QED) is 0.458. The van der Waals surface area contributed by atoms with Gasteiger partial charge in [-0.05, 0) is 42.3 Å². The summed E-state index contributed by atoms with van der Waals surface area (Å²) in [4.78, 5) is 26.1. The number of nitrogens with one attached hydrogen (secondary N) is 2. The second kappa shape index (κ2) is 7.15. The molecule has 4 aromatic rings. The van der Waals surface area contributed by atoms with E-state index in [9.17, 15) is 13.2 Å². The van der Waals surface area contributed by atoms with Crippen molar-refractivity contribution in [3.63, 3.8) is 0 Å². The van der Waals surface area contributed by atoms with Gasteiger partial charge in [-0.1, -0.05) is 18.2 Å². The smallest absolute Gasteiger partial charge is 0.279 e. The minimum absolute atomic E-state index is 0.0210. The van der Waals surface area contributed by atoms with Crippen LogP contribution < -0.4 is 15.4 Å². The fraction of sp³-hybridized carbons (Fsp3) is 0.105. The summed E-state index contributed by atoms with van der Waals surface area (Å²) >= 11 is 0. The molecule has 0 aliphatic heterocycles. The molecule has 29 heavy (non-hydrogen) atoms. The highest BCUT2D eigenvalue weighted by Gasteiger charge is 2.15. The molecular weight excluding hydrogens is 394 g/mol. The standard InChI is InChI=1S/C19H17N5O4S/c1-2-28-15-9-12(11-4-3-5-13(8-11)29(20,26)27)6-7-14(15)17-23-18-16(19(25)24-17)21-10-22-18/h3-10H,2H2,1H3,(H2,20,26,27)(H2,21,22,23,24,25). The van der Waals surface area contributed by atoms with Crippen LogP contribution in [0.15, 0.2) is 58.5 Å². The van der Waals surface area contributed by atoms with Crippen molar-refractivity contribution < 1.29 is 13.2 Å². The van der Waals surface area contributed by atoms with Crippen molar-refractivity contribution in [3.05, 3.63) is 59.1 Å². The summed E-state index contributed by atoms with van der Waals surface area (Å²) in [5, 5.41) is 5.23. The lowest BCUT2D eigenvalue weighted by Gasteiger charge is -2.12. The van der Waals surface area contributed by atoms with Crippen LogP contribution in [-0.2, 0) is 10.0 Å². The number of H-pyrrole nitrogens is 2. The van der Waals surface area contributed by atoms with Crippen LogP contribution in [0.2, 0.25) is 0 Å². The van der Waals surface area contributed by atoms with Gasteiger partial charge >= 0.3 is 0 Å². The summed E-state index contributed by atoms with van der Waals surface area (Å²) in [5.74, 6) is 0.827. The summed E-state index contributed by atoms with van der Waals surface area (Å²) < 4.78 is 29.0. The average molecular weight is 411 g/mol. The van der Waals surface area contributed by atoms with Crippen molar-refractivity contribution in [2.75, 3.05) is 6.61 Å². The van der Waals surface area contributed by atoms with Crippen LogP contribution in [0.3, 0.4) is 0 Å². The van der Waals surface area contributed by atoms with E-state index in [0.29, 0.717) is 35.0 Å². The molecule has 0 aliphatic rings. The second-order valence-electron chi connectivity index (χ2n) is 6.23. The Morgan fingerprint density at radius 3 is 2.69 bits per heavy atom. The molecule has 0 unspecified atom stereocenters. The van der Waals surface area contributed by atoms with E-state index in [-0.39, 0.29) is 16.0 Å². The van der Waals surface area contributed by atoms with Crippen LogP contribution in [0.25, 0.3) is 33.7 Å². The zero-order valence-electron chi connectivity index (χ0n) is 15.3. The molecule has 2 aromatic heterocycles. The first-order chi connectivity index (χ1) is 13.9. The van der Waals surface area contributed by atoms with Crippen molar-refractivity contribution in [1.29, 1.82) is 0 Å². The molecule has 4 rings (SSSR count). The summed E-state index contributed by atoms with van der Waals surface area (Å²) in [6.45, 7) is 2.23. The number of benzene rings is 2. The Morgan fingerprint density at radius 1 is 1.14 bits per heavy atom. The Balaban J connectivity index is 1.84. The van der Waals surface area contributed by atoms with E-state index in [4.69, 9.17) is 9.88 Å². The normalized spacial score (nSPS) is 11.7. The maximum absolute atomic E-state index is 12.2. The number of nitrogens with two attached hydrogens (primary N) is 1. The van der Waals surface area contributed by atoms with Crippen molar-refractivity contribution in [1.82, 2.24) is 19.9 Å². The zero-order chi connectivity index (χ0) is 20.6. The van der Waals surface area contributed by atoms with E-state index in [1.165, 1.54) is 18.5 Å². The fourth-order valence-electron chi connectivity index (χ4n) is 3.00. The van der Waals surface area contributed by atoms with Crippen LogP contribution in [0.4, 0.5) is 0 Å². The predicted molar refractivity (Wildman–Crippen MR) is 108 cm³/mol. The van der Waals surface area contributed by atoms with E-state index in [0.717, 1.165) is 5.56 Å². The second-order valence-corrected chi connectivity index (χ2v) is 7.79. The third-order valence-electron chi connectivity index (χ3n) is 4.32. The zero-order valence-corrected chi connectivity index (χ0v) is 16.2. The van der Waals surface area contributed by atoms with Gasteiger partial charge in [0.15, 0.2) is 11.2 Å². The maximum Gasteiger partial charge on any atom is 0.279 e. The topological polar surface area (TPSA) is 144 Å². The van der Waals surface area contributed by atoms with Gasteiger partial charge in [0.25, 0.3) is 5.56 Å². The molecule has 0 amide bonds. The number of hydrogen-bond donors (Lipinski definition) is 3. The fourth-order valence-corrected chi connectivity index (χ4v) is 3.56. The number of ether oxygens (including phenoxy) is 1. The van der Waals surface area contributed by atoms with E-state index < -0.39 is 10.0 Å². The van der Waals surface area contributed by atoms with Gasteiger partial charge in [-0.25, -0.2) is 23.5 Å². The molecule has 4 N–H and O–H groups in total. The van der Waals surface area contributed by atoms with Gasteiger partial charge in [0.1, 0.15) is 11.6 Å². The number of nitrogens with zero attached hydrogens (tertiary/aromatic N) is 2. The Hall–Kier alpha value is -3.50. The Kier molecular flexibility index (Phi) is 4.65. The third kappa shape index (κ3) is 3.62. The third-order valence-corrected chi connectivity index (χ3v) is 5.23.